The lowest BCUT2D eigenvalue weighted by Gasteiger charge is -2.03. The fourth-order valence-corrected chi connectivity index (χ4v) is 3.20. The van der Waals surface area contributed by atoms with E-state index in [2.05, 4.69) is 9.97 Å². The molecular weight excluding hydrogens is 317 g/mol. The van der Waals surface area contributed by atoms with E-state index in [0.717, 1.165) is 0 Å². The Morgan fingerprint density at radius 1 is 1.19 bits per heavy atom. The summed E-state index contributed by atoms with van der Waals surface area (Å²) >= 11 is 0. The molecule has 0 spiro atoms. The van der Waals surface area contributed by atoms with E-state index in [4.69, 9.17) is 10.7 Å². The van der Waals surface area contributed by atoms with Crippen molar-refractivity contribution in [3.05, 3.63) is 54.5 Å². The average Bonchev–Trinajstić information content (AvgIpc) is 2.80. The number of benzene rings is 1. The Labute approximate surface area is 124 Å². The summed E-state index contributed by atoms with van der Waals surface area (Å²) in [5.74, 6) is -0.156. The Morgan fingerprint density at radius 2 is 1.90 bits per heavy atom. The van der Waals surface area contributed by atoms with Crippen molar-refractivity contribution in [2.24, 2.45) is 0 Å². The van der Waals surface area contributed by atoms with Crippen molar-refractivity contribution in [2.75, 3.05) is 0 Å². The molecule has 0 aliphatic heterocycles. The summed E-state index contributed by atoms with van der Waals surface area (Å²) in [5, 5.41) is -0.0246. The van der Waals surface area contributed by atoms with Gasteiger partial charge in [-0.25, -0.2) is 22.8 Å². The fourth-order valence-electron chi connectivity index (χ4n) is 2.15. The van der Waals surface area contributed by atoms with Gasteiger partial charge in [-0.15, -0.1) is 0 Å². The van der Waals surface area contributed by atoms with E-state index in [1.54, 1.807) is 29.1 Å². The van der Waals surface area contributed by atoms with Crippen LogP contribution in [0.1, 0.15) is 5.82 Å². The highest BCUT2D eigenvalue weighted by molar-refractivity contribution is 8.14. The van der Waals surface area contributed by atoms with Crippen molar-refractivity contribution >= 4 is 30.6 Å². The van der Waals surface area contributed by atoms with Gasteiger partial charge in [-0.05, 0) is 18.2 Å². The SMILES string of the molecule is O=S(=O)(Cl)c1cn(Cc2ncccn2)c2cccc(F)c12. The van der Waals surface area contributed by atoms with Crippen LogP contribution in [0.3, 0.4) is 0 Å². The minimum absolute atomic E-state index is 0.0246. The topological polar surface area (TPSA) is 64.8 Å². The molecule has 8 heteroatoms. The molecule has 3 aromatic rings. The van der Waals surface area contributed by atoms with Crippen LogP contribution in [0, 0.1) is 5.82 Å². The molecule has 0 amide bonds. The van der Waals surface area contributed by atoms with Gasteiger partial charge in [-0.3, -0.25) is 0 Å². The molecule has 2 heterocycles. The molecule has 108 valence electrons. The highest BCUT2D eigenvalue weighted by Crippen LogP contribution is 2.30. The van der Waals surface area contributed by atoms with Crippen LogP contribution >= 0.6 is 10.7 Å². The monoisotopic (exact) mass is 325 g/mol. The highest BCUT2D eigenvalue weighted by atomic mass is 35.7. The van der Waals surface area contributed by atoms with Crippen LogP contribution in [0.25, 0.3) is 10.9 Å². The number of nitrogens with zero attached hydrogens (tertiary/aromatic N) is 3. The molecule has 0 radical (unpaired) electrons. The fraction of sp³-hybridized carbons (Fsp3) is 0.0769. The smallest absolute Gasteiger partial charge is 0.263 e. The van der Waals surface area contributed by atoms with Crippen molar-refractivity contribution in [1.29, 1.82) is 0 Å². The Kier molecular flexibility index (Phi) is 3.38. The number of hydrogen-bond donors (Lipinski definition) is 0. The van der Waals surface area contributed by atoms with Crippen molar-refractivity contribution in [3.8, 4) is 0 Å². The molecule has 0 saturated carbocycles. The van der Waals surface area contributed by atoms with Crippen LogP contribution in [-0.2, 0) is 15.6 Å². The third-order valence-electron chi connectivity index (χ3n) is 3.01. The predicted molar refractivity (Wildman–Crippen MR) is 76.1 cm³/mol. The lowest BCUT2D eigenvalue weighted by Crippen LogP contribution is -2.02. The van der Waals surface area contributed by atoms with E-state index in [1.807, 2.05) is 0 Å². The Bertz CT molecular complexity index is 910. The average molecular weight is 326 g/mol. The lowest BCUT2D eigenvalue weighted by atomic mass is 10.2. The van der Waals surface area contributed by atoms with Gasteiger partial charge < -0.3 is 4.57 Å². The molecule has 2 aromatic heterocycles. The number of fused-ring (bicyclic) bond motifs is 1. The number of halogens is 2. The van der Waals surface area contributed by atoms with E-state index in [-0.39, 0.29) is 16.8 Å². The molecule has 21 heavy (non-hydrogen) atoms. The standard InChI is InChI=1S/C13H9ClFN3O2S/c14-21(19,20)11-7-18(8-12-16-5-2-6-17-12)10-4-1-3-9(15)13(10)11/h1-7H,8H2. The van der Waals surface area contributed by atoms with E-state index < -0.39 is 14.9 Å². The summed E-state index contributed by atoms with van der Waals surface area (Å²) in [5.41, 5.74) is 0.418. The first kappa shape index (κ1) is 14.0. The van der Waals surface area contributed by atoms with Crippen LogP contribution in [-0.4, -0.2) is 23.0 Å². The first-order valence-corrected chi connectivity index (χ1v) is 8.25. The minimum Gasteiger partial charge on any atom is -0.338 e. The number of rotatable bonds is 3. The summed E-state index contributed by atoms with van der Waals surface area (Å²) in [7, 11) is 1.33. The van der Waals surface area contributed by atoms with Crippen molar-refractivity contribution in [2.45, 2.75) is 11.4 Å². The maximum atomic E-state index is 14.0. The quantitative estimate of drug-likeness (QED) is 0.694. The summed E-state index contributed by atoms with van der Waals surface area (Å²) in [6, 6.07) is 5.99. The molecule has 0 bridgehead atoms. The third-order valence-corrected chi connectivity index (χ3v) is 4.35. The van der Waals surface area contributed by atoms with Gasteiger partial charge in [-0.1, -0.05) is 6.07 Å². The zero-order valence-electron chi connectivity index (χ0n) is 10.6. The second-order valence-electron chi connectivity index (χ2n) is 4.36. The van der Waals surface area contributed by atoms with Crippen molar-refractivity contribution < 1.29 is 12.8 Å². The van der Waals surface area contributed by atoms with Gasteiger partial charge >= 0.3 is 0 Å². The molecule has 0 N–H and O–H groups in total. The Hall–Kier alpha value is -1.99. The lowest BCUT2D eigenvalue weighted by molar-refractivity contribution is 0.607. The molecular formula is C13H9ClFN3O2S. The van der Waals surface area contributed by atoms with Crippen LogP contribution in [0.4, 0.5) is 4.39 Å². The van der Waals surface area contributed by atoms with Gasteiger partial charge in [0.05, 0.1) is 17.4 Å². The molecule has 0 atom stereocenters. The van der Waals surface area contributed by atoms with Crippen LogP contribution in [0.15, 0.2) is 47.8 Å². The highest BCUT2D eigenvalue weighted by Gasteiger charge is 2.21. The Morgan fingerprint density at radius 3 is 2.57 bits per heavy atom. The van der Waals surface area contributed by atoms with Crippen LogP contribution < -0.4 is 0 Å². The summed E-state index contributed by atoms with van der Waals surface area (Å²) in [6.45, 7) is 0.215. The summed E-state index contributed by atoms with van der Waals surface area (Å²) < 4.78 is 38.8. The zero-order valence-corrected chi connectivity index (χ0v) is 12.1. The molecule has 0 aliphatic carbocycles. The molecule has 0 fully saturated rings. The molecule has 0 aliphatic rings. The van der Waals surface area contributed by atoms with Gasteiger partial charge in [0.15, 0.2) is 0 Å². The largest absolute Gasteiger partial charge is 0.338 e. The predicted octanol–water partition coefficient (Wildman–Crippen LogP) is 2.55. The summed E-state index contributed by atoms with van der Waals surface area (Å²) in [4.78, 5) is 7.88. The van der Waals surface area contributed by atoms with E-state index in [0.29, 0.717) is 11.3 Å². The van der Waals surface area contributed by atoms with Crippen molar-refractivity contribution in [3.63, 3.8) is 0 Å². The summed E-state index contributed by atoms with van der Waals surface area (Å²) in [6.07, 6.45) is 4.45. The van der Waals surface area contributed by atoms with E-state index in [9.17, 15) is 12.8 Å². The second-order valence-corrected chi connectivity index (χ2v) is 6.89. The van der Waals surface area contributed by atoms with Gasteiger partial charge in [0, 0.05) is 29.3 Å². The molecule has 0 unspecified atom stereocenters. The number of hydrogen-bond acceptors (Lipinski definition) is 4. The first-order chi connectivity index (χ1) is 9.97. The third kappa shape index (κ3) is 2.62. The first-order valence-electron chi connectivity index (χ1n) is 5.95. The van der Waals surface area contributed by atoms with Gasteiger partial charge in [0.25, 0.3) is 9.05 Å². The maximum Gasteiger partial charge on any atom is 0.263 e. The molecule has 3 rings (SSSR count). The minimum atomic E-state index is -4.05. The van der Waals surface area contributed by atoms with Crippen molar-refractivity contribution in [1.82, 2.24) is 14.5 Å². The molecule has 0 saturated heterocycles. The maximum absolute atomic E-state index is 14.0. The van der Waals surface area contributed by atoms with E-state index in [1.165, 1.54) is 18.3 Å². The van der Waals surface area contributed by atoms with Crippen LogP contribution in [0.5, 0.6) is 0 Å². The molecule has 1 aromatic carbocycles. The van der Waals surface area contributed by atoms with Gasteiger partial charge in [-0.2, -0.15) is 0 Å². The zero-order chi connectivity index (χ0) is 15.0. The van der Waals surface area contributed by atoms with E-state index >= 15 is 0 Å². The number of aromatic nitrogens is 3. The van der Waals surface area contributed by atoms with Crippen LogP contribution in [0.2, 0.25) is 0 Å². The molecule has 5 nitrogen and oxygen atoms in total. The Balaban J connectivity index is 2.23. The second kappa shape index (κ2) is 5.09. The normalized spacial score (nSPS) is 11.9. The van der Waals surface area contributed by atoms with Gasteiger partial charge in [0.2, 0.25) is 0 Å². The van der Waals surface area contributed by atoms with Gasteiger partial charge in [0.1, 0.15) is 16.5 Å².